The van der Waals surface area contributed by atoms with Crippen molar-refractivity contribution < 1.29 is 38.9 Å². The molecule has 0 aromatic rings. The van der Waals surface area contributed by atoms with Crippen molar-refractivity contribution in [1.29, 1.82) is 0 Å². The molecule has 0 saturated carbocycles. The van der Waals surface area contributed by atoms with Crippen LogP contribution in [0.5, 0.6) is 0 Å². The molecule has 0 fully saturated rings. The van der Waals surface area contributed by atoms with Gasteiger partial charge < -0.3 is 19.7 Å². The van der Waals surface area contributed by atoms with Gasteiger partial charge in [-0.05, 0) is 0 Å². The van der Waals surface area contributed by atoms with Gasteiger partial charge in [0, 0.05) is 5.57 Å². The highest BCUT2D eigenvalue weighted by Gasteiger charge is 2.15. The Labute approximate surface area is 95.4 Å². The molecule has 0 aliphatic carbocycles. The van der Waals surface area contributed by atoms with Crippen molar-refractivity contribution in [3.63, 3.8) is 0 Å². The molecule has 0 rings (SSSR count). The van der Waals surface area contributed by atoms with Gasteiger partial charge in [0.2, 0.25) is 0 Å². The van der Waals surface area contributed by atoms with Gasteiger partial charge in [0.1, 0.15) is 0 Å². The molecular formula is C9H10O8. The van der Waals surface area contributed by atoms with Crippen LogP contribution in [0.4, 0.5) is 0 Å². The van der Waals surface area contributed by atoms with Gasteiger partial charge in [-0.1, -0.05) is 6.58 Å². The summed E-state index contributed by atoms with van der Waals surface area (Å²) in [6.07, 6.45) is -0.564. The fourth-order valence-corrected chi connectivity index (χ4v) is 0.669. The normalized spacial score (nSPS) is 9.18. The van der Waals surface area contributed by atoms with Crippen LogP contribution in [0.25, 0.3) is 0 Å². The predicted octanol–water partition coefficient (Wildman–Crippen LogP) is -0.812. The quantitative estimate of drug-likeness (QED) is 0.441. The molecule has 0 radical (unpaired) electrons. The Morgan fingerprint density at radius 1 is 0.941 bits per heavy atom. The minimum Gasteiger partial charge on any atom is -0.479 e. The Hall–Kier alpha value is -2.38. The summed E-state index contributed by atoms with van der Waals surface area (Å²) in [5, 5.41) is 16.4. The standard InChI is InChI=1S/C9H10O8/c1-5(9(15)17-4-7(12)13)2-8(14)16-3-6(10)11/h1-4H2,(H,10,11)(H,12,13). The van der Waals surface area contributed by atoms with Crippen LogP contribution in [0.2, 0.25) is 0 Å². The van der Waals surface area contributed by atoms with E-state index in [2.05, 4.69) is 16.1 Å². The molecule has 0 unspecified atom stereocenters. The Morgan fingerprint density at radius 2 is 1.41 bits per heavy atom. The van der Waals surface area contributed by atoms with Crippen molar-refractivity contribution in [2.75, 3.05) is 13.2 Å². The molecule has 0 aromatic carbocycles. The third-order valence-corrected chi connectivity index (χ3v) is 1.33. The van der Waals surface area contributed by atoms with Gasteiger partial charge >= 0.3 is 23.9 Å². The second-order valence-corrected chi connectivity index (χ2v) is 2.80. The minimum atomic E-state index is -1.35. The maximum absolute atomic E-state index is 11.0. The maximum atomic E-state index is 11.0. The van der Waals surface area contributed by atoms with Crippen LogP contribution in [0.15, 0.2) is 12.2 Å². The third-order valence-electron chi connectivity index (χ3n) is 1.33. The molecule has 0 atom stereocenters. The molecule has 8 heteroatoms. The summed E-state index contributed by atoms with van der Waals surface area (Å²) in [6, 6.07) is 0. The largest absolute Gasteiger partial charge is 0.479 e. The van der Waals surface area contributed by atoms with E-state index in [0.717, 1.165) is 0 Å². The van der Waals surface area contributed by atoms with Crippen LogP contribution in [-0.2, 0) is 28.7 Å². The lowest BCUT2D eigenvalue weighted by atomic mass is 10.2. The number of aliphatic carboxylic acids is 2. The monoisotopic (exact) mass is 246 g/mol. The second kappa shape index (κ2) is 6.99. The lowest BCUT2D eigenvalue weighted by Gasteiger charge is -2.04. The van der Waals surface area contributed by atoms with Gasteiger partial charge in [0.05, 0.1) is 6.42 Å². The lowest BCUT2D eigenvalue weighted by Crippen LogP contribution is -2.18. The molecule has 94 valence electrons. The first-order valence-corrected chi connectivity index (χ1v) is 4.27. The van der Waals surface area contributed by atoms with Crippen LogP contribution >= 0.6 is 0 Å². The highest BCUT2D eigenvalue weighted by Crippen LogP contribution is 2.02. The third kappa shape index (κ3) is 7.54. The van der Waals surface area contributed by atoms with Gasteiger partial charge in [-0.2, -0.15) is 0 Å². The van der Waals surface area contributed by atoms with Crippen LogP contribution in [0, 0.1) is 0 Å². The highest BCUT2D eigenvalue weighted by molar-refractivity contribution is 5.94. The summed E-state index contributed by atoms with van der Waals surface area (Å²) in [5.41, 5.74) is -0.318. The number of ether oxygens (including phenoxy) is 2. The van der Waals surface area contributed by atoms with Gasteiger partial charge in [0.25, 0.3) is 0 Å². The van der Waals surface area contributed by atoms with E-state index in [1.807, 2.05) is 0 Å². The number of hydrogen-bond donors (Lipinski definition) is 2. The van der Waals surface area contributed by atoms with Gasteiger partial charge in [-0.15, -0.1) is 0 Å². The Morgan fingerprint density at radius 3 is 1.88 bits per heavy atom. The van der Waals surface area contributed by atoms with Crippen molar-refractivity contribution in [3.8, 4) is 0 Å². The van der Waals surface area contributed by atoms with E-state index < -0.39 is 43.5 Å². The maximum Gasteiger partial charge on any atom is 0.341 e. The molecule has 17 heavy (non-hydrogen) atoms. The van der Waals surface area contributed by atoms with Crippen LogP contribution < -0.4 is 0 Å². The number of carboxylic acid groups (broad SMARTS) is 2. The first kappa shape index (κ1) is 14.6. The molecule has 0 heterocycles. The molecule has 2 N–H and O–H groups in total. The molecule has 0 saturated heterocycles. The highest BCUT2D eigenvalue weighted by atomic mass is 16.6. The molecular weight excluding hydrogens is 236 g/mol. The van der Waals surface area contributed by atoms with Crippen molar-refractivity contribution in [3.05, 3.63) is 12.2 Å². The molecule has 0 spiro atoms. The number of hydrogen-bond acceptors (Lipinski definition) is 6. The van der Waals surface area contributed by atoms with Gasteiger partial charge in [0.15, 0.2) is 13.2 Å². The average Bonchev–Trinajstić information content (AvgIpc) is 2.22. The van der Waals surface area contributed by atoms with E-state index in [0.29, 0.717) is 0 Å². The van der Waals surface area contributed by atoms with E-state index in [-0.39, 0.29) is 5.57 Å². The number of carboxylic acids is 2. The summed E-state index contributed by atoms with van der Waals surface area (Å²) in [6.45, 7) is 1.52. The number of esters is 2. The lowest BCUT2D eigenvalue weighted by molar-refractivity contribution is -0.156. The molecule has 0 aliphatic heterocycles. The van der Waals surface area contributed by atoms with Crippen molar-refractivity contribution >= 4 is 23.9 Å². The molecule has 8 nitrogen and oxygen atoms in total. The zero-order valence-corrected chi connectivity index (χ0v) is 8.67. The number of carbonyl (C=O) groups excluding carboxylic acids is 2. The SMILES string of the molecule is C=C(CC(=O)OCC(=O)O)C(=O)OCC(=O)O. The van der Waals surface area contributed by atoms with Crippen LogP contribution in [0.1, 0.15) is 6.42 Å². The van der Waals surface area contributed by atoms with Crippen LogP contribution in [-0.4, -0.2) is 47.3 Å². The molecule has 0 bridgehead atoms. The number of rotatable bonds is 7. The fraction of sp³-hybridized carbons (Fsp3) is 0.333. The minimum absolute atomic E-state index is 0.318. The molecule has 0 amide bonds. The molecule has 0 aliphatic rings. The number of carbonyl (C=O) groups is 4. The van der Waals surface area contributed by atoms with E-state index >= 15 is 0 Å². The Kier molecular flexibility index (Phi) is 6.01. The fourth-order valence-electron chi connectivity index (χ4n) is 0.669. The Balaban J connectivity index is 3.99. The summed E-state index contributed by atoms with van der Waals surface area (Å²) >= 11 is 0. The van der Waals surface area contributed by atoms with Crippen molar-refractivity contribution in [1.82, 2.24) is 0 Å². The van der Waals surface area contributed by atoms with Crippen LogP contribution in [0.3, 0.4) is 0 Å². The van der Waals surface area contributed by atoms with Crippen molar-refractivity contribution in [2.24, 2.45) is 0 Å². The second-order valence-electron chi connectivity index (χ2n) is 2.80. The summed E-state index contributed by atoms with van der Waals surface area (Å²) in [5.74, 6) is -4.71. The van der Waals surface area contributed by atoms with E-state index in [1.54, 1.807) is 0 Å². The van der Waals surface area contributed by atoms with Gasteiger partial charge in [-0.3, -0.25) is 4.79 Å². The summed E-state index contributed by atoms with van der Waals surface area (Å²) in [7, 11) is 0. The topological polar surface area (TPSA) is 127 Å². The Bertz CT molecular complexity index is 356. The zero-order chi connectivity index (χ0) is 13.4. The van der Waals surface area contributed by atoms with Gasteiger partial charge in [-0.25, -0.2) is 14.4 Å². The zero-order valence-electron chi connectivity index (χ0n) is 8.67. The van der Waals surface area contributed by atoms with E-state index in [4.69, 9.17) is 10.2 Å². The first-order chi connectivity index (χ1) is 7.82. The van der Waals surface area contributed by atoms with E-state index in [1.165, 1.54) is 0 Å². The smallest absolute Gasteiger partial charge is 0.341 e. The summed E-state index contributed by atoms with van der Waals surface area (Å²) in [4.78, 5) is 42.0. The summed E-state index contributed by atoms with van der Waals surface area (Å²) < 4.78 is 8.46. The average molecular weight is 246 g/mol. The van der Waals surface area contributed by atoms with Crippen molar-refractivity contribution in [2.45, 2.75) is 6.42 Å². The predicted molar refractivity (Wildman–Crippen MR) is 50.9 cm³/mol. The first-order valence-electron chi connectivity index (χ1n) is 4.27. The van der Waals surface area contributed by atoms with E-state index in [9.17, 15) is 19.2 Å². The molecule has 0 aromatic heterocycles.